The van der Waals surface area contributed by atoms with Gasteiger partial charge in [0.1, 0.15) is 0 Å². The van der Waals surface area contributed by atoms with Gasteiger partial charge in [-0.1, -0.05) is 34.1 Å². The summed E-state index contributed by atoms with van der Waals surface area (Å²) < 4.78 is 0.761. The molecule has 2 N–H and O–H groups in total. The summed E-state index contributed by atoms with van der Waals surface area (Å²) >= 11 is 5.07. The number of benzene rings is 2. The largest absolute Gasteiger partial charge is 0.324 e. The van der Waals surface area contributed by atoms with Crippen LogP contribution in [-0.4, -0.2) is 4.92 Å². The van der Waals surface area contributed by atoms with Gasteiger partial charge >= 0.3 is 0 Å². The summed E-state index contributed by atoms with van der Waals surface area (Å²) in [5, 5.41) is 10.7. The van der Waals surface area contributed by atoms with E-state index in [9.17, 15) is 10.1 Å². The Morgan fingerprint density at radius 2 is 1.95 bits per heavy atom. The SMILES string of the molecule is CC(N)c1ccc(SCc2ccc([N+](=O)[O-])cc2Br)cc1. The number of thioether (sulfide) groups is 1. The molecule has 0 amide bonds. The minimum absolute atomic E-state index is 0.0351. The number of non-ortho nitro benzene ring substituents is 1. The van der Waals surface area contributed by atoms with Gasteiger partial charge in [0.05, 0.1) is 4.92 Å². The molecule has 2 rings (SSSR count). The fourth-order valence-electron chi connectivity index (χ4n) is 1.80. The molecule has 0 radical (unpaired) electrons. The van der Waals surface area contributed by atoms with E-state index in [1.807, 2.05) is 31.2 Å². The van der Waals surface area contributed by atoms with Crippen LogP contribution in [0.1, 0.15) is 24.1 Å². The average Bonchev–Trinajstić information content (AvgIpc) is 2.46. The number of hydrogen-bond donors (Lipinski definition) is 1. The van der Waals surface area contributed by atoms with E-state index < -0.39 is 4.92 Å². The molecule has 0 bridgehead atoms. The van der Waals surface area contributed by atoms with Crippen molar-refractivity contribution in [2.75, 3.05) is 0 Å². The van der Waals surface area contributed by atoms with Crippen LogP contribution in [0.4, 0.5) is 5.69 Å². The zero-order chi connectivity index (χ0) is 15.4. The van der Waals surface area contributed by atoms with Crippen molar-refractivity contribution in [3.05, 3.63) is 68.2 Å². The Kier molecular flexibility index (Phi) is 5.39. The first-order valence-corrected chi connectivity index (χ1v) is 8.16. The Balaban J connectivity index is 2.04. The lowest BCUT2D eigenvalue weighted by Crippen LogP contribution is -2.04. The Labute approximate surface area is 136 Å². The maximum atomic E-state index is 10.7. The molecule has 0 fully saturated rings. The molecule has 1 atom stereocenters. The Morgan fingerprint density at radius 1 is 1.29 bits per heavy atom. The van der Waals surface area contributed by atoms with E-state index in [1.54, 1.807) is 17.8 Å². The molecule has 4 nitrogen and oxygen atoms in total. The summed E-state index contributed by atoms with van der Waals surface area (Å²) in [6.07, 6.45) is 0. The molecular weight excluding hydrogens is 352 g/mol. The van der Waals surface area contributed by atoms with Crippen LogP contribution in [0.2, 0.25) is 0 Å². The third-order valence-electron chi connectivity index (χ3n) is 3.05. The van der Waals surface area contributed by atoms with Crippen molar-refractivity contribution in [3.63, 3.8) is 0 Å². The Hall–Kier alpha value is -1.37. The molecule has 0 spiro atoms. The molecule has 0 saturated heterocycles. The van der Waals surface area contributed by atoms with Crippen LogP contribution in [0, 0.1) is 10.1 Å². The predicted molar refractivity (Wildman–Crippen MR) is 89.4 cm³/mol. The summed E-state index contributed by atoms with van der Waals surface area (Å²) in [5.41, 5.74) is 8.05. The van der Waals surface area contributed by atoms with Gasteiger partial charge in [-0.15, -0.1) is 11.8 Å². The molecule has 0 saturated carbocycles. The van der Waals surface area contributed by atoms with E-state index >= 15 is 0 Å². The average molecular weight is 367 g/mol. The van der Waals surface area contributed by atoms with Crippen molar-refractivity contribution in [1.29, 1.82) is 0 Å². The van der Waals surface area contributed by atoms with Crippen LogP contribution >= 0.6 is 27.7 Å². The quantitative estimate of drug-likeness (QED) is 0.474. The number of nitrogens with zero attached hydrogens (tertiary/aromatic N) is 1. The monoisotopic (exact) mass is 366 g/mol. The molecule has 6 heteroatoms. The molecule has 0 heterocycles. The first kappa shape index (κ1) is 16.0. The number of hydrogen-bond acceptors (Lipinski definition) is 4. The van der Waals surface area contributed by atoms with Crippen LogP contribution in [0.3, 0.4) is 0 Å². The number of nitro groups is 1. The highest BCUT2D eigenvalue weighted by molar-refractivity contribution is 9.10. The number of rotatable bonds is 5. The van der Waals surface area contributed by atoms with Crippen molar-refractivity contribution in [1.82, 2.24) is 0 Å². The van der Waals surface area contributed by atoms with E-state index in [4.69, 9.17) is 5.73 Å². The molecule has 0 aliphatic carbocycles. The van der Waals surface area contributed by atoms with Gasteiger partial charge in [-0.05, 0) is 30.2 Å². The zero-order valence-corrected chi connectivity index (χ0v) is 13.9. The zero-order valence-electron chi connectivity index (χ0n) is 11.5. The maximum Gasteiger partial charge on any atom is 0.270 e. The highest BCUT2D eigenvalue weighted by Crippen LogP contribution is 2.29. The van der Waals surface area contributed by atoms with Gasteiger partial charge in [0, 0.05) is 33.3 Å². The van der Waals surface area contributed by atoms with Crippen molar-refractivity contribution in [2.24, 2.45) is 5.73 Å². The molecule has 0 aromatic heterocycles. The summed E-state index contributed by atoms with van der Waals surface area (Å²) in [5.74, 6) is 0.746. The second kappa shape index (κ2) is 7.06. The van der Waals surface area contributed by atoms with Crippen LogP contribution in [0.25, 0.3) is 0 Å². The van der Waals surface area contributed by atoms with Gasteiger partial charge in [-0.2, -0.15) is 0 Å². The van der Waals surface area contributed by atoms with Crippen LogP contribution < -0.4 is 5.73 Å². The summed E-state index contributed by atoms with van der Waals surface area (Å²) in [6, 6.07) is 13.0. The summed E-state index contributed by atoms with van der Waals surface area (Å²) in [7, 11) is 0. The lowest BCUT2D eigenvalue weighted by atomic mass is 10.1. The van der Waals surface area contributed by atoms with Gasteiger partial charge in [-0.25, -0.2) is 0 Å². The first-order valence-electron chi connectivity index (χ1n) is 6.38. The van der Waals surface area contributed by atoms with E-state index in [-0.39, 0.29) is 11.7 Å². The fourth-order valence-corrected chi connectivity index (χ4v) is 3.39. The van der Waals surface area contributed by atoms with Crippen LogP contribution in [0.5, 0.6) is 0 Å². The second-order valence-corrected chi connectivity index (χ2v) is 6.58. The molecule has 0 aliphatic heterocycles. The molecule has 2 aromatic carbocycles. The van der Waals surface area contributed by atoms with E-state index in [0.717, 1.165) is 26.2 Å². The van der Waals surface area contributed by atoms with Crippen molar-refractivity contribution >= 4 is 33.4 Å². The van der Waals surface area contributed by atoms with Gasteiger partial charge in [0.25, 0.3) is 5.69 Å². The number of nitro benzene ring substituents is 1. The molecule has 1 unspecified atom stereocenters. The minimum Gasteiger partial charge on any atom is -0.324 e. The molecule has 0 aliphatic rings. The summed E-state index contributed by atoms with van der Waals surface area (Å²) in [4.78, 5) is 11.4. The lowest BCUT2D eigenvalue weighted by molar-refractivity contribution is -0.384. The molecule has 110 valence electrons. The first-order chi connectivity index (χ1) is 9.97. The minimum atomic E-state index is -0.394. The lowest BCUT2D eigenvalue weighted by Gasteiger charge is -2.08. The highest BCUT2D eigenvalue weighted by Gasteiger charge is 2.09. The Bertz CT molecular complexity index is 645. The van der Waals surface area contributed by atoms with Gasteiger partial charge in [-0.3, -0.25) is 10.1 Å². The standard InChI is InChI=1S/C15H15BrN2O2S/c1-10(17)11-3-6-14(7-4-11)21-9-12-2-5-13(18(19)20)8-15(12)16/h2-8,10H,9,17H2,1H3. The third kappa shape index (κ3) is 4.30. The van der Waals surface area contributed by atoms with Gasteiger partial charge in [0.2, 0.25) is 0 Å². The topological polar surface area (TPSA) is 69.2 Å². The molecular formula is C15H15BrN2O2S. The van der Waals surface area contributed by atoms with Crippen LogP contribution in [-0.2, 0) is 5.75 Å². The van der Waals surface area contributed by atoms with E-state index in [2.05, 4.69) is 15.9 Å². The molecule has 2 aromatic rings. The van der Waals surface area contributed by atoms with E-state index in [0.29, 0.717) is 0 Å². The normalized spacial score (nSPS) is 12.1. The number of nitrogens with two attached hydrogens (primary N) is 1. The predicted octanol–water partition coefficient (Wildman–Crippen LogP) is 4.67. The van der Waals surface area contributed by atoms with Gasteiger partial charge in [0.15, 0.2) is 0 Å². The smallest absolute Gasteiger partial charge is 0.270 e. The second-order valence-electron chi connectivity index (χ2n) is 4.68. The fraction of sp³-hybridized carbons (Fsp3) is 0.200. The Morgan fingerprint density at radius 3 is 2.48 bits per heavy atom. The van der Waals surface area contributed by atoms with Crippen LogP contribution in [0.15, 0.2) is 51.8 Å². The van der Waals surface area contributed by atoms with Crippen molar-refractivity contribution < 1.29 is 4.92 Å². The highest BCUT2D eigenvalue weighted by atomic mass is 79.9. The van der Waals surface area contributed by atoms with Crippen molar-refractivity contribution in [2.45, 2.75) is 23.6 Å². The van der Waals surface area contributed by atoms with E-state index in [1.165, 1.54) is 12.1 Å². The van der Waals surface area contributed by atoms with Crippen molar-refractivity contribution in [3.8, 4) is 0 Å². The maximum absolute atomic E-state index is 10.7. The van der Waals surface area contributed by atoms with Gasteiger partial charge < -0.3 is 5.73 Å². The third-order valence-corrected chi connectivity index (χ3v) is 4.85. The number of halogens is 1. The molecule has 21 heavy (non-hydrogen) atoms. The summed E-state index contributed by atoms with van der Waals surface area (Å²) in [6.45, 7) is 1.95.